The largest absolute Gasteiger partial charge is 0.401 e. The zero-order valence-electron chi connectivity index (χ0n) is 20.5. The number of pyridine rings is 1. The summed E-state index contributed by atoms with van der Waals surface area (Å²) in [7, 11) is 0. The van der Waals surface area contributed by atoms with Crippen LogP contribution in [0.2, 0.25) is 0 Å². The van der Waals surface area contributed by atoms with E-state index in [4.69, 9.17) is 5.73 Å². The molecule has 3 aromatic rings. The first kappa shape index (κ1) is 24.9. The third-order valence-corrected chi connectivity index (χ3v) is 6.55. The SMILES string of the molecule is C=C(N)CNC(=O)CNc1cccc(-c2ccc3cccnc3c2)c1C(=N)C1CCN(C(C)=O)CC1. The van der Waals surface area contributed by atoms with E-state index in [0.29, 0.717) is 30.2 Å². The number of fused-ring (bicyclic) bond motifs is 1. The highest BCUT2D eigenvalue weighted by Gasteiger charge is 2.27. The number of likely N-dealkylation sites (tertiary alicyclic amines) is 1. The Morgan fingerprint density at radius 2 is 1.92 bits per heavy atom. The average molecular weight is 485 g/mol. The first-order chi connectivity index (χ1) is 17.3. The number of benzene rings is 2. The molecule has 186 valence electrons. The summed E-state index contributed by atoms with van der Waals surface area (Å²) in [5.74, 6) is -0.137. The summed E-state index contributed by atoms with van der Waals surface area (Å²) in [6.07, 6.45) is 3.22. The van der Waals surface area contributed by atoms with Crippen LogP contribution in [0.1, 0.15) is 25.3 Å². The Morgan fingerprint density at radius 3 is 2.64 bits per heavy atom. The number of hydrogen-bond acceptors (Lipinski definition) is 6. The number of aromatic nitrogens is 1. The molecular formula is C28H32N6O2. The highest BCUT2D eigenvalue weighted by Crippen LogP contribution is 2.35. The highest BCUT2D eigenvalue weighted by molar-refractivity contribution is 6.10. The summed E-state index contributed by atoms with van der Waals surface area (Å²) in [5, 5.41) is 16.2. The number of hydrogen-bond donors (Lipinski definition) is 4. The maximum Gasteiger partial charge on any atom is 0.239 e. The van der Waals surface area contributed by atoms with Gasteiger partial charge in [0, 0.05) is 60.2 Å². The number of piperidine rings is 1. The Balaban J connectivity index is 1.68. The maximum absolute atomic E-state index is 12.3. The van der Waals surface area contributed by atoms with E-state index in [1.54, 1.807) is 13.1 Å². The van der Waals surface area contributed by atoms with Gasteiger partial charge in [0.15, 0.2) is 0 Å². The molecule has 8 nitrogen and oxygen atoms in total. The molecule has 0 atom stereocenters. The second-order valence-electron chi connectivity index (χ2n) is 9.12. The van der Waals surface area contributed by atoms with Gasteiger partial charge in [0.05, 0.1) is 18.6 Å². The summed E-state index contributed by atoms with van der Waals surface area (Å²) in [6.45, 7) is 6.71. The van der Waals surface area contributed by atoms with E-state index in [1.165, 1.54) is 0 Å². The van der Waals surface area contributed by atoms with E-state index in [0.717, 1.165) is 40.4 Å². The van der Waals surface area contributed by atoms with E-state index in [9.17, 15) is 15.0 Å². The molecule has 5 N–H and O–H groups in total. The number of nitrogens with zero attached hydrogens (tertiary/aromatic N) is 2. The highest BCUT2D eigenvalue weighted by atomic mass is 16.2. The Labute approximate surface area is 211 Å². The number of rotatable bonds is 8. The van der Waals surface area contributed by atoms with Crippen molar-refractivity contribution >= 4 is 34.1 Å². The predicted octanol–water partition coefficient (Wildman–Crippen LogP) is 3.53. The van der Waals surface area contributed by atoms with Crippen LogP contribution in [0.25, 0.3) is 22.0 Å². The molecule has 0 radical (unpaired) electrons. The third-order valence-electron chi connectivity index (χ3n) is 6.55. The molecule has 36 heavy (non-hydrogen) atoms. The fourth-order valence-electron chi connectivity index (χ4n) is 4.60. The van der Waals surface area contributed by atoms with Gasteiger partial charge in [-0.15, -0.1) is 0 Å². The van der Waals surface area contributed by atoms with Gasteiger partial charge in [-0.25, -0.2) is 0 Å². The van der Waals surface area contributed by atoms with Crippen LogP contribution in [-0.4, -0.2) is 53.6 Å². The summed E-state index contributed by atoms with van der Waals surface area (Å²) in [6, 6.07) is 15.9. The van der Waals surface area contributed by atoms with Crippen molar-refractivity contribution in [1.82, 2.24) is 15.2 Å². The number of carbonyl (C=O) groups is 2. The van der Waals surface area contributed by atoms with Crippen molar-refractivity contribution in [3.8, 4) is 11.1 Å². The fraction of sp³-hybridized carbons (Fsp3) is 0.286. The lowest BCUT2D eigenvalue weighted by atomic mass is 9.84. The lowest BCUT2D eigenvalue weighted by Crippen LogP contribution is -2.39. The smallest absolute Gasteiger partial charge is 0.239 e. The minimum absolute atomic E-state index is 0.00951. The summed E-state index contributed by atoms with van der Waals surface area (Å²) in [5.41, 5.74) is 10.7. The molecule has 2 amide bonds. The van der Waals surface area contributed by atoms with Crippen molar-refractivity contribution in [1.29, 1.82) is 5.41 Å². The number of nitrogens with two attached hydrogens (primary N) is 1. The molecule has 0 aliphatic carbocycles. The predicted molar refractivity (Wildman–Crippen MR) is 144 cm³/mol. The molecule has 1 saturated heterocycles. The molecule has 0 saturated carbocycles. The molecule has 8 heteroatoms. The normalized spacial score (nSPS) is 13.9. The van der Waals surface area contributed by atoms with Gasteiger partial charge in [-0.2, -0.15) is 0 Å². The van der Waals surface area contributed by atoms with E-state index in [2.05, 4.69) is 22.2 Å². The van der Waals surface area contributed by atoms with E-state index in [-0.39, 0.29) is 30.8 Å². The fourth-order valence-corrected chi connectivity index (χ4v) is 4.60. The zero-order valence-corrected chi connectivity index (χ0v) is 20.5. The van der Waals surface area contributed by atoms with Crippen LogP contribution < -0.4 is 16.4 Å². The van der Waals surface area contributed by atoms with Crippen LogP contribution in [0.4, 0.5) is 5.69 Å². The van der Waals surface area contributed by atoms with Crippen LogP contribution in [-0.2, 0) is 9.59 Å². The Bertz CT molecular complexity index is 1310. The molecule has 2 aromatic carbocycles. The average Bonchev–Trinajstić information content (AvgIpc) is 2.89. The third kappa shape index (κ3) is 5.71. The van der Waals surface area contributed by atoms with Gasteiger partial charge < -0.3 is 26.7 Å². The van der Waals surface area contributed by atoms with Crippen LogP contribution in [0.5, 0.6) is 0 Å². The Kier molecular flexibility index (Phi) is 7.63. The molecular weight excluding hydrogens is 452 g/mol. The monoisotopic (exact) mass is 484 g/mol. The molecule has 0 spiro atoms. The topological polar surface area (TPSA) is 124 Å². The minimum atomic E-state index is -0.214. The van der Waals surface area contributed by atoms with Crippen molar-refractivity contribution in [2.75, 3.05) is 31.5 Å². The van der Waals surface area contributed by atoms with Crippen LogP contribution in [0, 0.1) is 11.3 Å². The van der Waals surface area contributed by atoms with Crippen LogP contribution >= 0.6 is 0 Å². The van der Waals surface area contributed by atoms with Crippen molar-refractivity contribution in [2.45, 2.75) is 19.8 Å². The van der Waals surface area contributed by atoms with Gasteiger partial charge in [-0.05, 0) is 42.2 Å². The number of amides is 2. The molecule has 1 aromatic heterocycles. The number of carbonyl (C=O) groups excluding carboxylic acids is 2. The van der Waals surface area contributed by atoms with Gasteiger partial charge in [-0.3, -0.25) is 14.6 Å². The second kappa shape index (κ2) is 11.0. The molecule has 1 aliphatic heterocycles. The lowest BCUT2D eigenvalue weighted by Gasteiger charge is -2.32. The summed E-state index contributed by atoms with van der Waals surface area (Å²) >= 11 is 0. The number of nitrogens with one attached hydrogen (secondary N) is 3. The van der Waals surface area contributed by atoms with Gasteiger partial charge >= 0.3 is 0 Å². The quantitative estimate of drug-likeness (QED) is 0.364. The molecule has 2 heterocycles. The minimum Gasteiger partial charge on any atom is -0.401 e. The first-order valence-electron chi connectivity index (χ1n) is 12.1. The van der Waals surface area contributed by atoms with E-state index >= 15 is 0 Å². The van der Waals surface area contributed by atoms with Crippen molar-refractivity contribution < 1.29 is 9.59 Å². The van der Waals surface area contributed by atoms with Crippen LogP contribution in [0.15, 0.2) is 67.0 Å². The second-order valence-corrected chi connectivity index (χ2v) is 9.12. The molecule has 1 fully saturated rings. The molecule has 0 bridgehead atoms. The zero-order chi connectivity index (χ0) is 25.7. The molecule has 0 unspecified atom stereocenters. The van der Waals surface area contributed by atoms with Crippen molar-refractivity contribution in [2.24, 2.45) is 11.7 Å². The van der Waals surface area contributed by atoms with Gasteiger partial charge in [0.2, 0.25) is 11.8 Å². The molecule has 1 aliphatic rings. The summed E-state index contributed by atoms with van der Waals surface area (Å²) < 4.78 is 0. The van der Waals surface area contributed by atoms with Gasteiger partial charge in [0.1, 0.15) is 0 Å². The van der Waals surface area contributed by atoms with Gasteiger partial charge in [0.25, 0.3) is 0 Å². The van der Waals surface area contributed by atoms with Crippen molar-refractivity contribution in [3.63, 3.8) is 0 Å². The van der Waals surface area contributed by atoms with Crippen molar-refractivity contribution in [3.05, 3.63) is 72.6 Å². The summed E-state index contributed by atoms with van der Waals surface area (Å²) in [4.78, 5) is 30.5. The first-order valence-corrected chi connectivity index (χ1v) is 12.1. The standard InChI is InChI=1S/C28H32N6O2/c1-18(29)16-33-26(36)17-32-24-7-3-6-23(22-9-8-20-5-4-12-31-25(20)15-22)27(24)28(30)21-10-13-34(14-11-21)19(2)35/h3-9,12,15,21,30,32H,1,10-11,13-14,16-17,29H2,2H3,(H,33,36). The maximum atomic E-state index is 12.3. The lowest BCUT2D eigenvalue weighted by molar-refractivity contribution is -0.129. The van der Waals surface area contributed by atoms with Gasteiger partial charge in [-0.1, -0.05) is 36.9 Å². The van der Waals surface area contributed by atoms with Crippen LogP contribution in [0.3, 0.4) is 0 Å². The van der Waals surface area contributed by atoms with E-state index < -0.39 is 0 Å². The van der Waals surface area contributed by atoms with E-state index in [1.807, 2.05) is 53.4 Å². The Hall–Kier alpha value is -4.20. The number of anilines is 1. The molecule has 4 rings (SSSR count). The Morgan fingerprint density at radius 1 is 1.14 bits per heavy atom.